The first-order valence-corrected chi connectivity index (χ1v) is 18.8. The molecule has 3 aromatic heterocycles. The van der Waals surface area contributed by atoms with E-state index in [0.29, 0.717) is 17.5 Å². The topological polar surface area (TPSA) is 65.0 Å². The van der Waals surface area contributed by atoms with Gasteiger partial charge in [0, 0.05) is 38.2 Å². The van der Waals surface area contributed by atoms with Crippen molar-refractivity contribution in [1.29, 1.82) is 0 Å². The Morgan fingerprint density at radius 3 is 1.64 bits per heavy atom. The van der Waals surface area contributed by atoms with E-state index in [4.69, 9.17) is 23.8 Å². The van der Waals surface area contributed by atoms with Gasteiger partial charge >= 0.3 is 0 Å². The molecule has 260 valence electrons. The Kier molecular flexibility index (Phi) is 6.56. The van der Waals surface area contributed by atoms with E-state index < -0.39 is 0 Å². The fourth-order valence-corrected chi connectivity index (χ4v) is 8.40. The summed E-state index contributed by atoms with van der Waals surface area (Å²) in [6.07, 6.45) is 0. The Hall–Kier alpha value is -7.63. The highest BCUT2D eigenvalue weighted by molar-refractivity contribution is 6.19. The molecule has 0 amide bonds. The van der Waals surface area contributed by atoms with E-state index in [-0.39, 0.29) is 0 Å². The summed E-state index contributed by atoms with van der Waals surface area (Å²) in [7, 11) is 0. The number of benzene rings is 9. The molecule has 5 nitrogen and oxygen atoms in total. The Labute approximate surface area is 320 Å². The number of nitrogens with zero attached hydrogens (tertiary/aromatic N) is 3. The lowest BCUT2D eigenvalue weighted by atomic mass is 9.97. The van der Waals surface area contributed by atoms with Crippen molar-refractivity contribution >= 4 is 76.2 Å². The summed E-state index contributed by atoms with van der Waals surface area (Å²) in [4.78, 5) is 15.5. The third-order valence-corrected chi connectivity index (χ3v) is 11.1. The first-order chi connectivity index (χ1) is 27.7. The second kappa shape index (κ2) is 11.9. The SMILES string of the molecule is c1ccc2c(c1)ccc1ccc(-c3nc(-c4ccc(-c5ccc6c(ccc7oc8ccccc8c76)c5)cc4)nc(-c4cccc5oc6ccccc6c45)n3)cc12. The summed E-state index contributed by atoms with van der Waals surface area (Å²) in [6, 6.07) is 61.1. The molecule has 12 rings (SSSR count). The Morgan fingerprint density at radius 2 is 0.839 bits per heavy atom. The number of furan rings is 2. The van der Waals surface area contributed by atoms with Crippen molar-refractivity contribution < 1.29 is 8.83 Å². The molecule has 3 heterocycles. The van der Waals surface area contributed by atoms with Crippen molar-refractivity contribution in [1.82, 2.24) is 15.0 Å². The molecule has 0 N–H and O–H groups in total. The maximum Gasteiger partial charge on any atom is 0.164 e. The summed E-state index contributed by atoms with van der Waals surface area (Å²) in [6.45, 7) is 0. The second-order valence-electron chi connectivity index (χ2n) is 14.4. The normalized spacial score (nSPS) is 11.9. The lowest BCUT2D eigenvalue weighted by molar-refractivity contribution is 0.668. The predicted molar refractivity (Wildman–Crippen MR) is 229 cm³/mol. The van der Waals surface area contributed by atoms with Crippen molar-refractivity contribution in [3.63, 3.8) is 0 Å². The fourth-order valence-electron chi connectivity index (χ4n) is 8.40. The summed E-state index contributed by atoms with van der Waals surface area (Å²) in [5.74, 6) is 1.81. The lowest BCUT2D eigenvalue weighted by Crippen LogP contribution is -2.00. The molecule has 56 heavy (non-hydrogen) atoms. The van der Waals surface area contributed by atoms with E-state index in [9.17, 15) is 0 Å². The van der Waals surface area contributed by atoms with E-state index in [2.05, 4.69) is 133 Å². The quantitative estimate of drug-likeness (QED) is 0.170. The van der Waals surface area contributed by atoms with E-state index in [1.54, 1.807) is 0 Å². The number of hydrogen-bond donors (Lipinski definition) is 0. The van der Waals surface area contributed by atoms with Gasteiger partial charge < -0.3 is 8.83 Å². The van der Waals surface area contributed by atoms with Crippen LogP contribution in [-0.4, -0.2) is 15.0 Å². The number of aromatic nitrogens is 3. The number of fused-ring (bicyclic) bond motifs is 11. The van der Waals surface area contributed by atoms with Crippen LogP contribution in [0.2, 0.25) is 0 Å². The highest BCUT2D eigenvalue weighted by Crippen LogP contribution is 2.39. The van der Waals surface area contributed by atoms with Crippen LogP contribution in [0.25, 0.3) is 121 Å². The van der Waals surface area contributed by atoms with Gasteiger partial charge in [0.05, 0.1) is 0 Å². The second-order valence-corrected chi connectivity index (χ2v) is 14.4. The molecule has 0 radical (unpaired) electrons. The summed E-state index contributed by atoms with van der Waals surface area (Å²) in [5, 5.41) is 11.4. The van der Waals surface area contributed by atoms with Gasteiger partial charge in [-0.05, 0) is 79.8 Å². The number of rotatable bonds is 4. The molecule has 0 unspecified atom stereocenters. The maximum absolute atomic E-state index is 6.28. The zero-order valence-corrected chi connectivity index (χ0v) is 29.9. The molecular weight excluding hydrogens is 687 g/mol. The van der Waals surface area contributed by atoms with Crippen LogP contribution < -0.4 is 0 Å². The Morgan fingerprint density at radius 1 is 0.286 bits per heavy atom. The van der Waals surface area contributed by atoms with Gasteiger partial charge in [-0.3, -0.25) is 0 Å². The summed E-state index contributed by atoms with van der Waals surface area (Å²) >= 11 is 0. The minimum atomic E-state index is 0.594. The molecule has 0 spiro atoms. The van der Waals surface area contributed by atoms with E-state index in [0.717, 1.165) is 77.1 Å². The minimum Gasteiger partial charge on any atom is -0.456 e. The first-order valence-electron chi connectivity index (χ1n) is 18.8. The molecule has 0 saturated heterocycles. The summed E-state index contributed by atoms with van der Waals surface area (Å²) in [5.41, 5.74) is 8.41. The van der Waals surface area contributed by atoms with Crippen molar-refractivity contribution in [3.05, 3.63) is 176 Å². The Balaban J connectivity index is 1.01. The van der Waals surface area contributed by atoms with Crippen LogP contribution in [0.3, 0.4) is 0 Å². The van der Waals surface area contributed by atoms with Gasteiger partial charge in [-0.15, -0.1) is 0 Å². The van der Waals surface area contributed by atoms with Gasteiger partial charge in [0.2, 0.25) is 0 Å². The van der Waals surface area contributed by atoms with Crippen molar-refractivity contribution in [2.24, 2.45) is 0 Å². The molecule has 5 heteroatoms. The Bertz CT molecular complexity index is 3540. The van der Waals surface area contributed by atoms with Crippen LogP contribution in [0.5, 0.6) is 0 Å². The zero-order valence-electron chi connectivity index (χ0n) is 29.9. The third-order valence-electron chi connectivity index (χ3n) is 11.1. The number of hydrogen-bond acceptors (Lipinski definition) is 5. The zero-order chi connectivity index (χ0) is 36.7. The third kappa shape index (κ3) is 4.78. The number of para-hydroxylation sites is 2. The average molecular weight is 716 g/mol. The van der Waals surface area contributed by atoms with Gasteiger partial charge in [-0.1, -0.05) is 140 Å². The largest absolute Gasteiger partial charge is 0.456 e. The van der Waals surface area contributed by atoms with Crippen LogP contribution in [0, 0.1) is 0 Å². The van der Waals surface area contributed by atoms with Gasteiger partial charge in [-0.2, -0.15) is 0 Å². The molecule has 0 aliphatic rings. The molecule has 0 saturated carbocycles. The molecule has 0 fully saturated rings. The maximum atomic E-state index is 6.28. The smallest absolute Gasteiger partial charge is 0.164 e. The molecule has 0 aliphatic heterocycles. The molecule has 0 bridgehead atoms. The minimum absolute atomic E-state index is 0.594. The molecular formula is C51H29N3O2. The van der Waals surface area contributed by atoms with Gasteiger partial charge in [0.25, 0.3) is 0 Å². The fraction of sp³-hybridized carbons (Fsp3) is 0. The molecule has 9 aromatic carbocycles. The monoisotopic (exact) mass is 715 g/mol. The van der Waals surface area contributed by atoms with E-state index >= 15 is 0 Å². The summed E-state index contributed by atoms with van der Waals surface area (Å²) < 4.78 is 12.4. The van der Waals surface area contributed by atoms with Crippen LogP contribution in [0.15, 0.2) is 185 Å². The van der Waals surface area contributed by atoms with Crippen LogP contribution in [0.1, 0.15) is 0 Å². The average Bonchev–Trinajstić information content (AvgIpc) is 3.85. The standard InChI is InChI=1S/C51H29N3O2/c1-2-9-37-31(8-1)18-19-32-20-23-36(29-42(32)37)50-52-49(53-51(54-50)41-12-7-15-45-48(41)40-11-4-6-14-44(40)55-45)33-21-16-30(17-22-33)34-24-26-38-35(28-34)25-27-46-47(38)39-10-3-5-13-43(39)56-46/h1-29H. The van der Waals surface area contributed by atoms with E-state index in [1.807, 2.05) is 42.5 Å². The lowest BCUT2D eigenvalue weighted by Gasteiger charge is -2.11. The molecule has 0 aliphatic carbocycles. The predicted octanol–water partition coefficient (Wildman–Crippen LogP) is 13.8. The van der Waals surface area contributed by atoms with Gasteiger partial charge in [0.15, 0.2) is 17.5 Å². The van der Waals surface area contributed by atoms with E-state index in [1.165, 1.54) is 26.9 Å². The van der Waals surface area contributed by atoms with Crippen molar-refractivity contribution in [2.75, 3.05) is 0 Å². The van der Waals surface area contributed by atoms with Crippen molar-refractivity contribution in [2.45, 2.75) is 0 Å². The molecule has 0 atom stereocenters. The van der Waals surface area contributed by atoms with Gasteiger partial charge in [-0.25, -0.2) is 15.0 Å². The van der Waals surface area contributed by atoms with Crippen LogP contribution >= 0.6 is 0 Å². The highest BCUT2D eigenvalue weighted by Gasteiger charge is 2.19. The highest BCUT2D eigenvalue weighted by atomic mass is 16.3. The van der Waals surface area contributed by atoms with Crippen LogP contribution in [0.4, 0.5) is 0 Å². The molecule has 12 aromatic rings. The van der Waals surface area contributed by atoms with Gasteiger partial charge in [0.1, 0.15) is 22.3 Å². The van der Waals surface area contributed by atoms with Crippen LogP contribution in [-0.2, 0) is 0 Å². The van der Waals surface area contributed by atoms with Crippen molar-refractivity contribution in [3.8, 4) is 45.3 Å². The first kappa shape index (κ1) is 30.8.